The molecule has 0 saturated carbocycles. The Morgan fingerprint density at radius 1 is 1.27 bits per heavy atom. The number of cyclic esters (lactones) is 1. The molecule has 0 unspecified atom stereocenters. The summed E-state index contributed by atoms with van der Waals surface area (Å²) in [7, 11) is 0. The van der Waals surface area contributed by atoms with Gasteiger partial charge in [-0.25, -0.2) is 9.69 Å². The summed E-state index contributed by atoms with van der Waals surface area (Å²) in [5.41, 5.74) is 0. The number of nitrogens with zero attached hydrogens (tertiary/aromatic N) is 1. The summed E-state index contributed by atoms with van der Waals surface area (Å²) in [6.07, 6.45) is -0.199. The van der Waals surface area contributed by atoms with Crippen LogP contribution in [0.2, 0.25) is 0 Å². The molecule has 0 radical (unpaired) electrons. The topological polar surface area (TPSA) is 46.6 Å². The molecule has 1 aliphatic rings. The van der Waals surface area contributed by atoms with Crippen molar-refractivity contribution in [2.75, 3.05) is 13.2 Å². The largest absolute Gasteiger partial charge is 0.447 e. The molecule has 2 aromatic rings. The molecule has 1 fully saturated rings. The van der Waals surface area contributed by atoms with Crippen molar-refractivity contribution >= 4 is 34.5 Å². The predicted molar refractivity (Wildman–Crippen MR) is 86.9 cm³/mol. The van der Waals surface area contributed by atoms with Crippen LogP contribution in [-0.4, -0.2) is 35.3 Å². The molecule has 1 saturated heterocycles. The van der Waals surface area contributed by atoms with Crippen LogP contribution in [0.1, 0.15) is 13.3 Å². The number of hydrogen-bond donors (Lipinski definition) is 0. The first kappa shape index (κ1) is 14.9. The molecule has 4 nitrogen and oxygen atoms in total. The summed E-state index contributed by atoms with van der Waals surface area (Å²) < 4.78 is 4.80. The molecule has 0 aromatic heterocycles. The summed E-state index contributed by atoms with van der Waals surface area (Å²) in [6, 6.07) is 14.4. The Morgan fingerprint density at radius 3 is 2.82 bits per heavy atom. The summed E-state index contributed by atoms with van der Waals surface area (Å²) in [5.74, 6) is -0.164. The van der Waals surface area contributed by atoms with E-state index < -0.39 is 6.09 Å². The maximum atomic E-state index is 12.1. The predicted octanol–water partition coefficient (Wildman–Crippen LogP) is 3.69. The molecule has 0 N–H and O–H groups in total. The summed E-state index contributed by atoms with van der Waals surface area (Å²) in [5, 5.41) is 2.47. The van der Waals surface area contributed by atoms with E-state index in [1.807, 2.05) is 25.1 Å². The van der Waals surface area contributed by atoms with E-state index in [1.165, 1.54) is 15.7 Å². The second kappa shape index (κ2) is 6.40. The molecule has 2 amide bonds. The fraction of sp³-hybridized carbons (Fsp3) is 0.294. The van der Waals surface area contributed by atoms with Gasteiger partial charge in [0.2, 0.25) is 5.91 Å². The second-order valence-corrected chi connectivity index (χ2v) is 6.75. The highest BCUT2D eigenvalue weighted by Crippen LogP contribution is 2.32. The van der Waals surface area contributed by atoms with Crippen molar-refractivity contribution < 1.29 is 14.3 Å². The smallest absolute Gasteiger partial charge is 0.416 e. The maximum absolute atomic E-state index is 12.1. The molecule has 0 spiro atoms. The second-order valence-electron chi connectivity index (χ2n) is 5.27. The lowest BCUT2D eigenvalue weighted by Crippen LogP contribution is -2.33. The van der Waals surface area contributed by atoms with Gasteiger partial charge in [0.1, 0.15) is 6.61 Å². The van der Waals surface area contributed by atoms with Crippen LogP contribution in [0, 0.1) is 0 Å². The van der Waals surface area contributed by atoms with Crippen molar-refractivity contribution in [1.29, 1.82) is 0 Å². The summed E-state index contributed by atoms with van der Waals surface area (Å²) in [6.45, 7) is 2.67. The van der Waals surface area contributed by atoms with Crippen molar-refractivity contribution in [2.24, 2.45) is 0 Å². The monoisotopic (exact) mass is 315 g/mol. The van der Waals surface area contributed by atoms with Gasteiger partial charge in [-0.1, -0.05) is 43.3 Å². The minimum atomic E-state index is -0.521. The lowest BCUT2D eigenvalue weighted by molar-refractivity contribution is -0.127. The maximum Gasteiger partial charge on any atom is 0.416 e. The Balaban J connectivity index is 1.69. The van der Waals surface area contributed by atoms with E-state index in [0.29, 0.717) is 19.6 Å². The normalized spacial score (nSPS) is 15.9. The van der Waals surface area contributed by atoms with Crippen LogP contribution < -0.4 is 0 Å². The van der Waals surface area contributed by atoms with Gasteiger partial charge in [0.15, 0.2) is 0 Å². The van der Waals surface area contributed by atoms with E-state index in [1.54, 1.807) is 11.8 Å². The number of benzene rings is 2. The fourth-order valence-electron chi connectivity index (χ4n) is 2.53. The van der Waals surface area contributed by atoms with E-state index in [0.717, 1.165) is 4.90 Å². The summed E-state index contributed by atoms with van der Waals surface area (Å²) >= 11 is 1.66. The minimum absolute atomic E-state index is 0.0895. The first-order valence-electron chi connectivity index (χ1n) is 7.26. The van der Waals surface area contributed by atoms with Crippen LogP contribution >= 0.6 is 11.8 Å². The zero-order valence-electron chi connectivity index (χ0n) is 12.3. The average molecular weight is 315 g/mol. The summed E-state index contributed by atoms with van der Waals surface area (Å²) in [4.78, 5) is 25.9. The van der Waals surface area contributed by atoms with Gasteiger partial charge in [-0.15, -0.1) is 11.8 Å². The highest BCUT2D eigenvalue weighted by Gasteiger charge is 2.29. The van der Waals surface area contributed by atoms with Gasteiger partial charge in [0, 0.05) is 16.6 Å². The Kier molecular flexibility index (Phi) is 4.34. The van der Waals surface area contributed by atoms with Crippen LogP contribution in [0.5, 0.6) is 0 Å². The van der Waals surface area contributed by atoms with Gasteiger partial charge in [-0.3, -0.25) is 4.79 Å². The third-order valence-corrected chi connectivity index (χ3v) is 4.78. The molecule has 0 aliphatic carbocycles. The molecule has 1 atom stereocenters. The first-order chi connectivity index (χ1) is 10.6. The molecule has 2 aromatic carbocycles. The van der Waals surface area contributed by atoms with Gasteiger partial charge in [0.05, 0.1) is 6.54 Å². The molecular weight excluding hydrogens is 298 g/mol. The van der Waals surface area contributed by atoms with Crippen LogP contribution in [0.15, 0.2) is 47.4 Å². The number of imide groups is 1. The third kappa shape index (κ3) is 3.09. The average Bonchev–Trinajstić information content (AvgIpc) is 2.94. The van der Waals surface area contributed by atoms with Crippen LogP contribution in [0.3, 0.4) is 0 Å². The Hall–Kier alpha value is -2.01. The quantitative estimate of drug-likeness (QED) is 0.807. The molecule has 5 heteroatoms. The van der Waals surface area contributed by atoms with Crippen LogP contribution in [-0.2, 0) is 9.53 Å². The van der Waals surface area contributed by atoms with Gasteiger partial charge in [-0.05, 0) is 16.8 Å². The first-order valence-corrected chi connectivity index (χ1v) is 8.14. The standard InChI is InChI=1S/C17H17NO3S/c1-12(11-16(19)18-9-10-21-17(18)20)22-15-8-4-6-13-5-2-3-7-14(13)15/h2-8,12H,9-11H2,1H3/t12-/m0/s1. The number of fused-ring (bicyclic) bond motifs is 1. The van der Waals surface area contributed by atoms with E-state index >= 15 is 0 Å². The van der Waals surface area contributed by atoms with Crippen molar-refractivity contribution in [2.45, 2.75) is 23.5 Å². The molecule has 1 aliphatic heterocycles. The SMILES string of the molecule is C[C@@H](CC(=O)N1CCOC1=O)Sc1cccc2ccccc12. The lowest BCUT2D eigenvalue weighted by Gasteiger charge is -2.15. The van der Waals surface area contributed by atoms with Crippen molar-refractivity contribution in [3.63, 3.8) is 0 Å². The van der Waals surface area contributed by atoms with Gasteiger partial charge < -0.3 is 4.74 Å². The van der Waals surface area contributed by atoms with E-state index in [-0.39, 0.29) is 11.2 Å². The van der Waals surface area contributed by atoms with Crippen LogP contribution in [0.25, 0.3) is 10.8 Å². The zero-order chi connectivity index (χ0) is 15.5. The number of thioether (sulfide) groups is 1. The highest BCUT2D eigenvalue weighted by molar-refractivity contribution is 8.00. The molecule has 114 valence electrons. The minimum Gasteiger partial charge on any atom is -0.447 e. The van der Waals surface area contributed by atoms with Crippen molar-refractivity contribution in [3.8, 4) is 0 Å². The number of carbonyl (C=O) groups excluding carboxylic acids is 2. The molecule has 1 heterocycles. The van der Waals surface area contributed by atoms with Gasteiger partial charge in [0.25, 0.3) is 0 Å². The molecule has 0 bridgehead atoms. The number of ether oxygens (including phenoxy) is 1. The zero-order valence-corrected chi connectivity index (χ0v) is 13.1. The highest BCUT2D eigenvalue weighted by atomic mass is 32.2. The fourth-order valence-corrected chi connectivity index (χ4v) is 3.66. The van der Waals surface area contributed by atoms with Crippen LogP contribution in [0.4, 0.5) is 4.79 Å². The Bertz CT molecular complexity index is 711. The molecular formula is C17H17NO3S. The number of amides is 2. The third-order valence-electron chi connectivity index (χ3n) is 3.60. The number of hydrogen-bond acceptors (Lipinski definition) is 4. The Labute approximate surface area is 133 Å². The van der Waals surface area contributed by atoms with Crippen molar-refractivity contribution in [3.05, 3.63) is 42.5 Å². The van der Waals surface area contributed by atoms with Gasteiger partial charge in [-0.2, -0.15) is 0 Å². The van der Waals surface area contributed by atoms with E-state index in [2.05, 4.69) is 24.3 Å². The van der Waals surface area contributed by atoms with Crippen molar-refractivity contribution in [1.82, 2.24) is 4.90 Å². The molecule has 3 rings (SSSR count). The van der Waals surface area contributed by atoms with E-state index in [9.17, 15) is 9.59 Å². The number of rotatable bonds is 4. The molecule has 22 heavy (non-hydrogen) atoms. The van der Waals surface area contributed by atoms with Gasteiger partial charge >= 0.3 is 6.09 Å². The van der Waals surface area contributed by atoms with E-state index in [4.69, 9.17) is 4.74 Å². The number of carbonyl (C=O) groups is 2. The lowest BCUT2D eigenvalue weighted by atomic mass is 10.1. The Morgan fingerprint density at radius 2 is 2.05 bits per heavy atom.